The molecule has 3 heterocycles. The molecule has 0 saturated carbocycles. The second-order valence-corrected chi connectivity index (χ2v) is 7.49. The first kappa shape index (κ1) is 17.2. The van der Waals surface area contributed by atoms with Gasteiger partial charge >= 0.3 is 6.03 Å². The van der Waals surface area contributed by atoms with Crippen molar-refractivity contribution >= 4 is 11.7 Å². The molecule has 0 aromatic heterocycles. The van der Waals surface area contributed by atoms with Crippen LogP contribution in [0.2, 0.25) is 0 Å². The number of rotatable bonds is 3. The van der Waals surface area contributed by atoms with Crippen LogP contribution >= 0.6 is 0 Å². The number of carbonyl (C=O) groups excluding carboxylic acids is 1. The van der Waals surface area contributed by atoms with Crippen LogP contribution in [0.1, 0.15) is 16.7 Å². The van der Waals surface area contributed by atoms with Crippen molar-refractivity contribution in [3.05, 3.63) is 53.1 Å². The van der Waals surface area contributed by atoms with Gasteiger partial charge in [0.15, 0.2) is 0 Å². The Morgan fingerprint density at radius 3 is 2.61 bits per heavy atom. The van der Waals surface area contributed by atoms with Crippen LogP contribution in [-0.2, 0) is 19.4 Å². The SMILES string of the molecule is O=C(NCc1c2c(cc3c1OCC3)OCC2)N1CCN(c2ccccc2)CC1. The maximum atomic E-state index is 12.7. The number of amides is 2. The number of hydrogen-bond donors (Lipinski definition) is 1. The number of nitrogens with zero attached hydrogens (tertiary/aromatic N) is 2. The van der Waals surface area contributed by atoms with Crippen molar-refractivity contribution in [1.82, 2.24) is 10.2 Å². The molecule has 146 valence electrons. The average molecular weight is 379 g/mol. The van der Waals surface area contributed by atoms with Gasteiger partial charge < -0.3 is 24.6 Å². The Kier molecular flexibility index (Phi) is 4.47. The summed E-state index contributed by atoms with van der Waals surface area (Å²) in [6.07, 6.45) is 1.79. The largest absolute Gasteiger partial charge is 0.493 e. The smallest absolute Gasteiger partial charge is 0.317 e. The van der Waals surface area contributed by atoms with Crippen LogP contribution in [0, 0.1) is 0 Å². The third-order valence-corrected chi connectivity index (χ3v) is 5.86. The molecular formula is C22H25N3O3. The van der Waals surface area contributed by atoms with E-state index in [4.69, 9.17) is 9.47 Å². The molecule has 6 heteroatoms. The summed E-state index contributed by atoms with van der Waals surface area (Å²) in [7, 11) is 0. The average Bonchev–Trinajstić information content (AvgIpc) is 3.41. The van der Waals surface area contributed by atoms with Crippen molar-refractivity contribution in [2.24, 2.45) is 0 Å². The number of carbonyl (C=O) groups is 1. The second-order valence-electron chi connectivity index (χ2n) is 7.49. The Morgan fingerprint density at radius 1 is 1.00 bits per heavy atom. The summed E-state index contributed by atoms with van der Waals surface area (Å²) in [5.74, 6) is 1.92. The molecule has 5 rings (SSSR count). The van der Waals surface area contributed by atoms with Gasteiger partial charge in [0.25, 0.3) is 0 Å². The molecule has 2 amide bonds. The Labute approximate surface area is 165 Å². The Hall–Kier alpha value is -2.89. The van der Waals surface area contributed by atoms with Crippen LogP contribution in [0.15, 0.2) is 36.4 Å². The van der Waals surface area contributed by atoms with Gasteiger partial charge in [-0.1, -0.05) is 18.2 Å². The molecule has 2 aromatic carbocycles. The fourth-order valence-electron chi connectivity index (χ4n) is 4.35. The predicted molar refractivity (Wildman–Crippen MR) is 107 cm³/mol. The van der Waals surface area contributed by atoms with Gasteiger partial charge in [0.1, 0.15) is 11.5 Å². The minimum absolute atomic E-state index is 0.00373. The van der Waals surface area contributed by atoms with E-state index in [1.54, 1.807) is 0 Å². The molecule has 2 aromatic rings. The standard InChI is InChI=1S/C22H25N3O3/c26-22(25-10-8-24(9-11-25)17-4-2-1-3-5-17)23-15-19-18-7-13-27-20(18)14-16-6-12-28-21(16)19/h1-5,14H,6-13,15H2,(H,23,26). The van der Waals surface area contributed by atoms with E-state index in [0.717, 1.165) is 56.1 Å². The fraction of sp³-hybridized carbons (Fsp3) is 0.409. The lowest BCUT2D eigenvalue weighted by molar-refractivity contribution is 0.194. The molecule has 0 spiro atoms. The number of nitrogens with one attached hydrogen (secondary N) is 1. The molecule has 0 radical (unpaired) electrons. The molecule has 0 atom stereocenters. The first-order chi connectivity index (χ1) is 13.8. The van der Waals surface area contributed by atoms with Gasteiger partial charge in [-0.15, -0.1) is 0 Å². The van der Waals surface area contributed by atoms with Gasteiger partial charge in [-0.25, -0.2) is 4.79 Å². The number of urea groups is 1. The zero-order chi connectivity index (χ0) is 18.9. The summed E-state index contributed by atoms with van der Waals surface area (Å²) in [5.41, 5.74) is 4.70. The highest BCUT2D eigenvalue weighted by Crippen LogP contribution is 2.40. The monoisotopic (exact) mass is 379 g/mol. The highest BCUT2D eigenvalue weighted by molar-refractivity contribution is 5.75. The van der Waals surface area contributed by atoms with Crippen LogP contribution in [0.5, 0.6) is 11.5 Å². The molecule has 0 unspecified atom stereocenters. The number of benzene rings is 2. The molecule has 1 N–H and O–H groups in total. The molecule has 28 heavy (non-hydrogen) atoms. The van der Waals surface area contributed by atoms with E-state index >= 15 is 0 Å². The summed E-state index contributed by atoms with van der Waals surface area (Å²) in [6.45, 7) is 5.07. The van der Waals surface area contributed by atoms with Crippen molar-refractivity contribution in [3.63, 3.8) is 0 Å². The molecule has 3 aliphatic rings. The van der Waals surface area contributed by atoms with Crippen LogP contribution in [-0.4, -0.2) is 50.3 Å². The van der Waals surface area contributed by atoms with Gasteiger partial charge in [-0.05, 0) is 18.2 Å². The fourth-order valence-corrected chi connectivity index (χ4v) is 4.35. The topological polar surface area (TPSA) is 54.0 Å². The number of anilines is 1. The van der Waals surface area contributed by atoms with E-state index in [9.17, 15) is 4.79 Å². The minimum atomic E-state index is -0.00373. The van der Waals surface area contributed by atoms with Crippen LogP contribution in [0.3, 0.4) is 0 Å². The summed E-state index contributed by atoms with van der Waals surface area (Å²) in [6, 6.07) is 12.5. The van der Waals surface area contributed by atoms with Gasteiger partial charge in [-0.2, -0.15) is 0 Å². The van der Waals surface area contributed by atoms with Crippen molar-refractivity contribution in [1.29, 1.82) is 0 Å². The zero-order valence-electron chi connectivity index (χ0n) is 15.9. The highest BCUT2D eigenvalue weighted by atomic mass is 16.5. The molecular weight excluding hydrogens is 354 g/mol. The molecule has 1 saturated heterocycles. The summed E-state index contributed by atoms with van der Waals surface area (Å²) < 4.78 is 11.6. The third-order valence-electron chi connectivity index (χ3n) is 5.86. The zero-order valence-corrected chi connectivity index (χ0v) is 15.9. The van der Waals surface area contributed by atoms with E-state index in [2.05, 4.69) is 40.5 Å². The van der Waals surface area contributed by atoms with E-state index in [0.29, 0.717) is 19.8 Å². The third kappa shape index (κ3) is 3.13. The maximum absolute atomic E-state index is 12.7. The van der Waals surface area contributed by atoms with Gasteiger partial charge in [0.2, 0.25) is 0 Å². The number of piperazine rings is 1. The summed E-state index contributed by atoms with van der Waals surface area (Å²) in [5, 5.41) is 3.12. The van der Waals surface area contributed by atoms with Crippen molar-refractivity contribution in [2.75, 3.05) is 44.3 Å². The van der Waals surface area contributed by atoms with Crippen molar-refractivity contribution < 1.29 is 14.3 Å². The van der Waals surface area contributed by atoms with E-state index in [1.165, 1.54) is 16.8 Å². The number of fused-ring (bicyclic) bond motifs is 2. The van der Waals surface area contributed by atoms with Gasteiger partial charge in [0, 0.05) is 67.9 Å². The molecule has 0 bridgehead atoms. The maximum Gasteiger partial charge on any atom is 0.317 e. The quantitative estimate of drug-likeness (QED) is 0.891. The van der Waals surface area contributed by atoms with Crippen molar-refractivity contribution in [2.45, 2.75) is 19.4 Å². The molecule has 3 aliphatic heterocycles. The Balaban J connectivity index is 1.22. The first-order valence-corrected chi connectivity index (χ1v) is 10.1. The van der Waals surface area contributed by atoms with Gasteiger partial charge in [0.05, 0.1) is 13.2 Å². The van der Waals surface area contributed by atoms with E-state index in [1.807, 2.05) is 11.0 Å². The van der Waals surface area contributed by atoms with E-state index in [-0.39, 0.29) is 6.03 Å². The predicted octanol–water partition coefficient (Wildman–Crippen LogP) is 2.59. The summed E-state index contributed by atoms with van der Waals surface area (Å²) >= 11 is 0. The van der Waals surface area contributed by atoms with Crippen LogP contribution < -0.4 is 19.7 Å². The minimum Gasteiger partial charge on any atom is -0.493 e. The van der Waals surface area contributed by atoms with E-state index < -0.39 is 0 Å². The second kappa shape index (κ2) is 7.26. The van der Waals surface area contributed by atoms with Crippen LogP contribution in [0.25, 0.3) is 0 Å². The Morgan fingerprint density at radius 2 is 1.79 bits per heavy atom. The van der Waals surface area contributed by atoms with Crippen LogP contribution in [0.4, 0.5) is 10.5 Å². The first-order valence-electron chi connectivity index (χ1n) is 10.1. The number of ether oxygens (including phenoxy) is 2. The highest BCUT2D eigenvalue weighted by Gasteiger charge is 2.27. The van der Waals surface area contributed by atoms with Gasteiger partial charge in [-0.3, -0.25) is 0 Å². The number of hydrogen-bond acceptors (Lipinski definition) is 4. The van der Waals surface area contributed by atoms with Crippen molar-refractivity contribution in [3.8, 4) is 11.5 Å². The molecule has 6 nitrogen and oxygen atoms in total. The Bertz CT molecular complexity index is 844. The normalized spacial score (nSPS) is 17.6. The summed E-state index contributed by atoms with van der Waals surface area (Å²) in [4.78, 5) is 17.0. The number of para-hydroxylation sites is 1. The lowest BCUT2D eigenvalue weighted by Crippen LogP contribution is -2.51. The molecule has 1 fully saturated rings. The lowest BCUT2D eigenvalue weighted by atomic mass is 9.99. The molecule has 0 aliphatic carbocycles. The lowest BCUT2D eigenvalue weighted by Gasteiger charge is -2.36.